The Hall–Kier alpha value is -2.09. The van der Waals surface area contributed by atoms with Crippen LogP contribution in [0.15, 0.2) is 53.4 Å². The third-order valence-corrected chi connectivity index (χ3v) is 5.96. The highest BCUT2D eigenvalue weighted by atomic mass is 35.5. The van der Waals surface area contributed by atoms with Crippen molar-refractivity contribution >= 4 is 39.7 Å². The number of nitrogens with one attached hydrogen (secondary N) is 3. The van der Waals surface area contributed by atoms with Crippen molar-refractivity contribution in [2.75, 3.05) is 23.1 Å². The van der Waals surface area contributed by atoms with Gasteiger partial charge in [0.25, 0.3) is 10.0 Å². The molecule has 1 aliphatic rings. The molecule has 1 fully saturated rings. The van der Waals surface area contributed by atoms with Crippen LogP contribution < -0.4 is 15.4 Å². The summed E-state index contributed by atoms with van der Waals surface area (Å²) >= 11 is 0. The van der Waals surface area contributed by atoms with E-state index in [1.807, 2.05) is 6.07 Å². The van der Waals surface area contributed by atoms with Gasteiger partial charge in [-0.2, -0.15) is 0 Å². The van der Waals surface area contributed by atoms with Crippen molar-refractivity contribution in [3.63, 3.8) is 0 Å². The summed E-state index contributed by atoms with van der Waals surface area (Å²) in [6.45, 7) is 3.32. The Balaban J connectivity index is 0.00000261. The van der Waals surface area contributed by atoms with Crippen LogP contribution in [0.1, 0.15) is 18.4 Å². The van der Waals surface area contributed by atoms with Gasteiger partial charge in [0, 0.05) is 17.9 Å². The van der Waals surface area contributed by atoms with E-state index in [1.165, 1.54) is 6.07 Å². The summed E-state index contributed by atoms with van der Waals surface area (Å²) in [4.78, 5) is 12.5. The van der Waals surface area contributed by atoms with Gasteiger partial charge < -0.3 is 10.6 Å². The third-order valence-electron chi connectivity index (χ3n) is 4.44. The Bertz CT molecular complexity index is 882. The van der Waals surface area contributed by atoms with Gasteiger partial charge in [0.05, 0.1) is 10.8 Å². The number of sulfonamides is 1. The van der Waals surface area contributed by atoms with Crippen LogP contribution in [0.4, 0.5) is 11.4 Å². The lowest BCUT2D eigenvalue weighted by Crippen LogP contribution is -2.37. The molecule has 1 amide bonds. The summed E-state index contributed by atoms with van der Waals surface area (Å²) in [5.74, 6) is -0.173. The molecule has 0 radical (unpaired) electrons. The molecule has 146 valence electrons. The highest BCUT2D eigenvalue weighted by Gasteiger charge is 2.22. The number of amides is 1. The van der Waals surface area contributed by atoms with Gasteiger partial charge >= 0.3 is 0 Å². The molecule has 6 nitrogen and oxygen atoms in total. The second-order valence-corrected chi connectivity index (χ2v) is 8.14. The monoisotopic (exact) mass is 409 g/mol. The van der Waals surface area contributed by atoms with Crippen molar-refractivity contribution in [2.24, 2.45) is 5.92 Å². The number of piperidine rings is 1. The summed E-state index contributed by atoms with van der Waals surface area (Å²) < 4.78 is 28.0. The van der Waals surface area contributed by atoms with Gasteiger partial charge in [0.15, 0.2) is 0 Å². The molecule has 1 aliphatic heterocycles. The van der Waals surface area contributed by atoms with Gasteiger partial charge in [0.2, 0.25) is 5.91 Å². The molecule has 1 atom stereocenters. The van der Waals surface area contributed by atoms with Crippen molar-refractivity contribution in [2.45, 2.75) is 24.7 Å². The maximum Gasteiger partial charge on any atom is 0.262 e. The first-order chi connectivity index (χ1) is 12.5. The Morgan fingerprint density at radius 3 is 2.52 bits per heavy atom. The van der Waals surface area contributed by atoms with E-state index in [-0.39, 0.29) is 29.1 Å². The predicted molar refractivity (Wildman–Crippen MR) is 110 cm³/mol. The zero-order chi connectivity index (χ0) is 18.6. The zero-order valence-electron chi connectivity index (χ0n) is 15.1. The number of carbonyl (C=O) groups excluding carboxylic acids is 1. The van der Waals surface area contributed by atoms with E-state index in [0.29, 0.717) is 23.5 Å². The Labute approximate surface area is 166 Å². The standard InChI is InChI=1S/C19H23N3O3S.ClH/c1-14-9-10-17(21-19(23)15-6-5-11-20-13-15)12-18(14)26(24,25)22-16-7-3-2-4-8-16;/h2-4,7-10,12,15,20,22H,5-6,11,13H2,1H3,(H,21,23);1H. The molecule has 0 bridgehead atoms. The molecule has 1 heterocycles. The molecular formula is C19H24ClN3O3S. The fraction of sp³-hybridized carbons (Fsp3) is 0.316. The quantitative estimate of drug-likeness (QED) is 0.707. The van der Waals surface area contributed by atoms with Crippen molar-refractivity contribution in [1.29, 1.82) is 0 Å². The minimum absolute atomic E-state index is 0. The molecule has 3 rings (SSSR count). The summed E-state index contributed by atoms with van der Waals surface area (Å²) in [7, 11) is -3.74. The van der Waals surface area contributed by atoms with Gasteiger partial charge in [0.1, 0.15) is 0 Å². The van der Waals surface area contributed by atoms with Gasteiger partial charge in [-0.1, -0.05) is 24.3 Å². The number of hydrogen-bond donors (Lipinski definition) is 3. The fourth-order valence-electron chi connectivity index (χ4n) is 3.00. The molecule has 0 aliphatic carbocycles. The molecule has 0 aromatic heterocycles. The Kier molecular flexibility index (Phi) is 7.24. The average molecular weight is 410 g/mol. The van der Waals surface area contributed by atoms with Crippen LogP contribution in [0.3, 0.4) is 0 Å². The molecule has 0 spiro atoms. The highest BCUT2D eigenvalue weighted by molar-refractivity contribution is 7.92. The molecule has 2 aromatic rings. The second kappa shape index (κ2) is 9.21. The number of rotatable bonds is 5. The molecule has 8 heteroatoms. The number of benzene rings is 2. The minimum atomic E-state index is -3.74. The van der Waals surface area contributed by atoms with Crippen LogP contribution in [-0.4, -0.2) is 27.4 Å². The largest absolute Gasteiger partial charge is 0.326 e. The number of aryl methyl sites for hydroxylation is 1. The molecule has 27 heavy (non-hydrogen) atoms. The van der Waals surface area contributed by atoms with E-state index in [2.05, 4.69) is 15.4 Å². The summed E-state index contributed by atoms with van der Waals surface area (Å²) in [5.41, 5.74) is 1.60. The summed E-state index contributed by atoms with van der Waals surface area (Å²) in [5, 5.41) is 6.05. The van der Waals surface area contributed by atoms with Crippen molar-refractivity contribution in [1.82, 2.24) is 5.32 Å². The van der Waals surface area contributed by atoms with Gasteiger partial charge in [-0.25, -0.2) is 8.42 Å². The number of carbonyl (C=O) groups is 1. The topological polar surface area (TPSA) is 87.3 Å². The third kappa shape index (κ3) is 5.45. The van der Waals surface area contributed by atoms with Crippen LogP contribution in [0.5, 0.6) is 0 Å². The highest BCUT2D eigenvalue weighted by Crippen LogP contribution is 2.24. The number of hydrogen-bond acceptors (Lipinski definition) is 4. The molecule has 1 unspecified atom stereocenters. The SMILES string of the molecule is Cc1ccc(NC(=O)C2CCCNC2)cc1S(=O)(=O)Nc1ccccc1.Cl. The van der Waals surface area contributed by atoms with Crippen LogP contribution in [-0.2, 0) is 14.8 Å². The summed E-state index contributed by atoms with van der Waals surface area (Å²) in [6, 6.07) is 13.7. The van der Waals surface area contributed by atoms with E-state index in [9.17, 15) is 13.2 Å². The lowest BCUT2D eigenvalue weighted by atomic mass is 9.99. The smallest absolute Gasteiger partial charge is 0.262 e. The first kappa shape index (κ1) is 21.2. The minimum Gasteiger partial charge on any atom is -0.326 e. The molecule has 2 aromatic carbocycles. The van der Waals surface area contributed by atoms with Crippen LogP contribution in [0.25, 0.3) is 0 Å². The fourth-order valence-corrected chi connectivity index (χ4v) is 4.33. The van der Waals surface area contributed by atoms with Crippen molar-refractivity contribution in [3.05, 3.63) is 54.1 Å². The Morgan fingerprint density at radius 1 is 1.11 bits per heavy atom. The zero-order valence-corrected chi connectivity index (χ0v) is 16.7. The van der Waals surface area contributed by atoms with Crippen LogP contribution >= 0.6 is 12.4 Å². The van der Waals surface area contributed by atoms with E-state index in [4.69, 9.17) is 0 Å². The maximum absolute atomic E-state index is 12.7. The van der Waals surface area contributed by atoms with Crippen molar-refractivity contribution in [3.8, 4) is 0 Å². The lowest BCUT2D eigenvalue weighted by molar-refractivity contribution is -0.120. The Morgan fingerprint density at radius 2 is 1.85 bits per heavy atom. The number of anilines is 2. The van der Waals surface area contributed by atoms with E-state index in [0.717, 1.165) is 19.4 Å². The van der Waals surface area contributed by atoms with Gasteiger partial charge in [-0.3, -0.25) is 9.52 Å². The molecule has 0 saturated carbocycles. The van der Waals surface area contributed by atoms with E-state index < -0.39 is 10.0 Å². The lowest BCUT2D eigenvalue weighted by Gasteiger charge is -2.22. The number of halogens is 1. The summed E-state index contributed by atoms with van der Waals surface area (Å²) in [6.07, 6.45) is 1.80. The molecular weight excluding hydrogens is 386 g/mol. The van der Waals surface area contributed by atoms with Gasteiger partial charge in [-0.15, -0.1) is 12.4 Å². The van der Waals surface area contributed by atoms with Crippen LogP contribution in [0.2, 0.25) is 0 Å². The van der Waals surface area contributed by atoms with E-state index in [1.54, 1.807) is 43.3 Å². The molecule has 1 saturated heterocycles. The number of para-hydroxylation sites is 1. The second-order valence-electron chi connectivity index (χ2n) is 6.48. The first-order valence-corrected chi connectivity index (χ1v) is 10.1. The van der Waals surface area contributed by atoms with E-state index >= 15 is 0 Å². The normalized spacial score (nSPS) is 16.9. The predicted octanol–water partition coefficient (Wildman–Crippen LogP) is 3.16. The maximum atomic E-state index is 12.7. The van der Waals surface area contributed by atoms with Crippen molar-refractivity contribution < 1.29 is 13.2 Å². The van der Waals surface area contributed by atoms with Crippen LogP contribution in [0, 0.1) is 12.8 Å². The molecule has 3 N–H and O–H groups in total. The first-order valence-electron chi connectivity index (χ1n) is 8.66. The van der Waals surface area contributed by atoms with Gasteiger partial charge in [-0.05, 0) is 56.1 Å². The average Bonchev–Trinajstić information content (AvgIpc) is 2.64.